The van der Waals surface area contributed by atoms with Crippen molar-refractivity contribution in [1.82, 2.24) is 5.32 Å². The average molecular weight is 357 g/mol. The minimum absolute atomic E-state index is 0.113. The van der Waals surface area contributed by atoms with Gasteiger partial charge in [0.2, 0.25) is 0 Å². The van der Waals surface area contributed by atoms with Crippen LogP contribution >= 0.6 is 0 Å². The van der Waals surface area contributed by atoms with Crippen LogP contribution in [0.1, 0.15) is 16.7 Å². The summed E-state index contributed by atoms with van der Waals surface area (Å²) in [5.74, 6) is 0.690. The largest absolute Gasteiger partial charge is 0.492 e. The Bertz CT molecular complexity index is 885. The van der Waals surface area contributed by atoms with Gasteiger partial charge in [0.05, 0.1) is 6.54 Å². The standard InChI is InChI=1S/C24H23NO2/c1-19-12-14-22(15-13-19)27-17-16-25-24(26)23(21-10-6-3-7-11-21)18-20-8-4-2-5-9-20/h2-15,18H,16-17H2,1H3,(H,25,26)/b23-18+. The Kier molecular flexibility index (Phi) is 6.42. The number of carbonyl (C=O) groups excluding carboxylic acids is 1. The van der Waals surface area contributed by atoms with Crippen LogP contribution in [0.2, 0.25) is 0 Å². The molecule has 3 rings (SSSR count). The predicted molar refractivity (Wildman–Crippen MR) is 110 cm³/mol. The van der Waals surface area contributed by atoms with Gasteiger partial charge in [0.15, 0.2) is 0 Å². The lowest BCUT2D eigenvalue weighted by atomic mass is 10.0. The Labute approximate surface area is 160 Å². The molecule has 1 N–H and O–H groups in total. The van der Waals surface area contributed by atoms with Crippen LogP contribution < -0.4 is 10.1 Å². The Balaban J connectivity index is 1.64. The van der Waals surface area contributed by atoms with Crippen molar-refractivity contribution < 1.29 is 9.53 Å². The Morgan fingerprint density at radius 1 is 0.889 bits per heavy atom. The van der Waals surface area contributed by atoms with Crippen molar-refractivity contribution in [1.29, 1.82) is 0 Å². The van der Waals surface area contributed by atoms with E-state index in [1.807, 2.05) is 97.9 Å². The molecule has 3 heteroatoms. The fourth-order valence-corrected chi connectivity index (χ4v) is 2.68. The average Bonchev–Trinajstić information content (AvgIpc) is 2.72. The van der Waals surface area contributed by atoms with Gasteiger partial charge in [-0.25, -0.2) is 0 Å². The summed E-state index contributed by atoms with van der Waals surface area (Å²) in [4.78, 5) is 12.8. The van der Waals surface area contributed by atoms with Crippen LogP contribution in [0.5, 0.6) is 5.75 Å². The number of ether oxygens (including phenoxy) is 1. The number of aryl methyl sites for hydroxylation is 1. The molecule has 0 atom stereocenters. The minimum Gasteiger partial charge on any atom is -0.492 e. The zero-order chi connectivity index (χ0) is 18.9. The summed E-state index contributed by atoms with van der Waals surface area (Å²) in [6.45, 7) is 2.89. The van der Waals surface area contributed by atoms with E-state index in [0.29, 0.717) is 18.7 Å². The van der Waals surface area contributed by atoms with Crippen molar-refractivity contribution in [3.8, 4) is 5.75 Å². The maximum atomic E-state index is 12.8. The minimum atomic E-state index is -0.113. The van der Waals surface area contributed by atoms with E-state index in [4.69, 9.17) is 4.74 Å². The SMILES string of the molecule is Cc1ccc(OCCNC(=O)/C(=C/c2ccccc2)c2ccccc2)cc1. The zero-order valence-corrected chi connectivity index (χ0v) is 15.4. The summed E-state index contributed by atoms with van der Waals surface area (Å²) in [6.07, 6.45) is 1.91. The lowest BCUT2D eigenvalue weighted by molar-refractivity contribution is -0.115. The van der Waals surface area contributed by atoms with Crippen molar-refractivity contribution >= 4 is 17.6 Å². The maximum absolute atomic E-state index is 12.8. The first kappa shape index (κ1) is 18.5. The molecule has 0 fully saturated rings. The zero-order valence-electron chi connectivity index (χ0n) is 15.4. The van der Waals surface area contributed by atoms with Crippen molar-refractivity contribution in [2.45, 2.75) is 6.92 Å². The fraction of sp³-hybridized carbons (Fsp3) is 0.125. The van der Waals surface area contributed by atoms with E-state index in [1.54, 1.807) is 0 Å². The van der Waals surface area contributed by atoms with Gasteiger partial charge in [0.25, 0.3) is 5.91 Å². The van der Waals surface area contributed by atoms with Gasteiger partial charge >= 0.3 is 0 Å². The van der Waals surface area contributed by atoms with Gasteiger partial charge in [-0.2, -0.15) is 0 Å². The van der Waals surface area contributed by atoms with Crippen LogP contribution in [0.25, 0.3) is 11.6 Å². The first-order valence-electron chi connectivity index (χ1n) is 9.02. The molecule has 0 saturated heterocycles. The highest BCUT2D eigenvalue weighted by Gasteiger charge is 2.11. The van der Waals surface area contributed by atoms with Gasteiger partial charge in [-0.05, 0) is 36.3 Å². The highest BCUT2D eigenvalue weighted by Crippen LogP contribution is 2.18. The van der Waals surface area contributed by atoms with Gasteiger partial charge < -0.3 is 10.1 Å². The normalized spacial score (nSPS) is 11.1. The Hall–Kier alpha value is -3.33. The van der Waals surface area contributed by atoms with E-state index in [1.165, 1.54) is 5.56 Å². The predicted octanol–water partition coefficient (Wildman–Crippen LogP) is 4.73. The van der Waals surface area contributed by atoms with E-state index in [9.17, 15) is 4.79 Å². The summed E-state index contributed by atoms with van der Waals surface area (Å²) in [5, 5.41) is 2.95. The number of nitrogens with one attached hydrogen (secondary N) is 1. The van der Waals surface area contributed by atoms with E-state index in [0.717, 1.165) is 16.9 Å². The topological polar surface area (TPSA) is 38.3 Å². The summed E-state index contributed by atoms with van der Waals surface area (Å²) in [6, 6.07) is 27.4. The molecule has 0 saturated carbocycles. The van der Waals surface area contributed by atoms with Crippen molar-refractivity contribution in [2.24, 2.45) is 0 Å². The van der Waals surface area contributed by atoms with Crippen LogP contribution in [-0.2, 0) is 4.79 Å². The molecule has 0 unspecified atom stereocenters. The third-order valence-electron chi connectivity index (χ3n) is 4.12. The van der Waals surface area contributed by atoms with Gasteiger partial charge in [0.1, 0.15) is 12.4 Å². The van der Waals surface area contributed by atoms with Crippen LogP contribution in [0, 0.1) is 6.92 Å². The molecule has 0 bridgehead atoms. The van der Waals surface area contributed by atoms with Gasteiger partial charge in [-0.3, -0.25) is 4.79 Å². The highest BCUT2D eigenvalue weighted by atomic mass is 16.5. The fourth-order valence-electron chi connectivity index (χ4n) is 2.68. The second-order valence-corrected chi connectivity index (χ2v) is 6.25. The molecule has 0 aliphatic heterocycles. The molecule has 0 aliphatic carbocycles. The lowest BCUT2D eigenvalue weighted by Crippen LogP contribution is -2.28. The molecule has 0 aromatic heterocycles. The van der Waals surface area contributed by atoms with Crippen molar-refractivity contribution in [2.75, 3.05) is 13.2 Å². The third-order valence-corrected chi connectivity index (χ3v) is 4.12. The molecule has 3 aromatic rings. The number of rotatable bonds is 7. The number of hydrogen-bond acceptors (Lipinski definition) is 2. The first-order chi connectivity index (χ1) is 13.2. The number of hydrogen-bond donors (Lipinski definition) is 1. The van der Waals surface area contributed by atoms with Crippen LogP contribution in [0.4, 0.5) is 0 Å². The molecule has 3 aromatic carbocycles. The quantitative estimate of drug-likeness (QED) is 0.377. The van der Waals surface area contributed by atoms with E-state index >= 15 is 0 Å². The van der Waals surface area contributed by atoms with Crippen molar-refractivity contribution in [3.05, 3.63) is 102 Å². The highest BCUT2D eigenvalue weighted by molar-refractivity contribution is 6.24. The van der Waals surface area contributed by atoms with Crippen molar-refractivity contribution in [3.63, 3.8) is 0 Å². The molecule has 27 heavy (non-hydrogen) atoms. The number of amides is 1. The molecule has 136 valence electrons. The molecule has 0 spiro atoms. The molecule has 3 nitrogen and oxygen atoms in total. The summed E-state index contributed by atoms with van der Waals surface area (Å²) in [5.41, 5.74) is 3.70. The van der Waals surface area contributed by atoms with Crippen LogP contribution in [0.3, 0.4) is 0 Å². The van der Waals surface area contributed by atoms with Gasteiger partial charge in [-0.15, -0.1) is 0 Å². The van der Waals surface area contributed by atoms with E-state index in [2.05, 4.69) is 5.32 Å². The molecular formula is C24H23NO2. The van der Waals surface area contributed by atoms with Gasteiger partial charge in [-0.1, -0.05) is 78.4 Å². The van der Waals surface area contributed by atoms with Crippen LogP contribution in [-0.4, -0.2) is 19.1 Å². The second kappa shape index (κ2) is 9.39. The summed E-state index contributed by atoms with van der Waals surface area (Å²) >= 11 is 0. The third kappa shape index (κ3) is 5.58. The number of carbonyl (C=O) groups is 1. The first-order valence-corrected chi connectivity index (χ1v) is 9.02. The summed E-state index contributed by atoms with van der Waals surface area (Å²) in [7, 11) is 0. The van der Waals surface area contributed by atoms with E-state index < -0.39 is 0 Å². The molecule has 0 heterocycles. The molecule has 0 radical (unpaired) electrons. The van der Waals surface area contributed by atoms with Gasteiger partial charge in [0, 0.05) is 5.57 Å². The molecule has 0 aliphatic rings. The Morgan fingerprint density at radius 3 is 2.19 bits per heavy atom. The summed E-state index contributed by atoms with van der Waals surface area (Å²) < 4.78 is 5.68. The maximum Gasteiger partial charge on any atom is 0.252 e. The second-order valence-electron chi connectivity index (χ2n) is 6.25. The van der Waals surface area contributed by atoms with E-state index in [-0.39, 0.29) is 5.91 Å². The number of benzene rings is 3. The van der Waals surface area contributed by atoms with Crippen LogP contribution in [0.15, 0.2) is 84.9 Å². The monoisotopic (exact) mass is 357 g/mol. The lowest BCUT2D eigenvalue weighted by Gasteiger charge is -2.11. The smallest absolute Gasteiger partial charge is 0.252 e. The molecule has 1 amide bonds. The Morgan fingerprint density at radius 2 is 1.52 bits per heavy atom. The molecular weight excluding hydrogens is 334 g/mol.